The van der Waals surface area contributed by atoms with Crippen LogP contribution >= 0.6 is 0 Å². The van der Waals surface area contributed by atoms with E-state index in [9.17, 15) is 18.3 Å². The SMILES string of the molecule is CN1CCC[C@H]1COc1nc(N2C[C@H]3CC[C@@H](C2)N3)c2ccc(-c3cc(O)cc(C(F)(F)F)c3)cc2n1. The molecule has 3 aliphatic heterocycles. The Kier molecular flexibility index (Phi) is 6.11. The van der Waals surface area contributed by atoms with E-state index >= 15 is 0 Å². The maximum absolute atomic E-state index is 13.4. The fourth-order valence-corrected chi connectivity index (χ4v) is 5.85. The van der Waals surface area contributed by atoms with E-state index in [0.29, 0.717) is 35.8 Å². The first-order valence-electron chi connectivity index (χ1n) is 12.8. The van der Waals surface area contributed by atoms with Crippen LogP contribution in [0.1, 0.15) is 31.2 Å². The van der Waals surface area contributed by atoms with Crippen molar-refractivity contribution in [3.63, 3.8) is 0 Å². The number of nitrogens with zero attached hydrogens (tertiary/aromatic N) is 4. The number of fused-ring (bicyclic) bond motifs is 3. The van der Waals surface area contributed by atoms with Crippen molar-refractivity contribution in [3.05, 3.63) is 42.0 Å². The van der Waals surface area contributed by atoms with Crippen LogP contribution in [0.4, 0.5) is 19.0 Å². The molecule has 0 saturated carbocycles. The molecule has 2 bridgehead atoms. The third kappa shape index (κ3) is 4.92. The number of phenols is 1. The molecule has 0 amide bonds. The Hall–Kier alpha value is -3.11. The predicted octanol–water partition coefficient (Wildman–Crippen LogP) is 4.43. The van der Waals surface area contributed by atoms with E-state index in [0.717, 1.165) is 68.7 Å². The number of hydrogen-bond acceptors (Lipinski definition) is 7. The van der Waals surface area contributed by atoms with Crippen LogP contribution < -0.4 is 15.0 Å². The normalized spacial score (nSPS) is 24.2. The van der Waals surface area contributed by atoms with Gasteiger partial charge in [0, 0.05) is 36.6 Å². The van der Waals surface area contributed by atoms with E-state index < -0.39 is 17.5 Å². The summed E-state index contributed by atoms with van der Waals surface area (Å²) in [4.78, 5) is 14.0. The number of piperazine rings is 1. The predicted molar refractivity (Wildman–Crippen MR) is 135 cm³/mol. The zero-order valence-corrected chi connectivity index (χ0v) is 20.6. The first-order chi connectivity index (χ1) is 17.7. The van der Waals surface area contributed by atoms with Gasteiger partial charge >= 0.3 is 12.2 Å². The van der Waals surface area contributed by atoms with E-state index in [-0.39, 0.29) is 11.6 Å². The molecule has 2 N–H and O–H groups in total. The third-order valence-electron chi connectivity index (χ3n) is 7.83. The van der Waals surface area contributed by atoms with Gasteiger partial charge in [-0.25, -0.2) is 0 Å². The summed E-state index contributed by atoms with van der Waals surface area (Å²) >= 11 is 0. The number of rotatable bonds is 5. The zero-order chi connectivity index (χ0) is 25.7. The van der Waals surface area contributed by atoms with Crippen molar-refractivity contribution in [1.82, 2.24) is 20.2 Å². The number of likely N-dealkylation sites (tertiary alicyclic amines) is 1. The number of alkyl halides is 3. The second-order valence-electron chi connectivity index (χ2n) is 10.5. The molecular formula is C27H30F3N5O2. The van der Waals surface area contributed by atoms with Gasteiger partial charge in [-0.2, -0.15) is 23.1 Å². The van der Waals surface area contributed by atoms with Gasteiger partial charge in [0.05, 0.1) is 11.1 Å². The van der Waals surface area contributed by atoms with Crippen molar-refractivity contribution in [3.8, 4) is 22.9 Å². The fourth-order valence-electron chi connectivity index (χ4n) is 5.85. The summed E-state index contributed by atoms with van der Waals surface area (Å²) in [6.07, 6.45) is -0.113. The molecule has 7 nitrogen and oxygen atoms in total. The second kappa shape index (κ2) is 9.33. The molecule has 10 heteroatoms. The average Bonchev–Trinajstić information content (AvgIpc) is 3.44. The van der Waals surface area contributed by atoms with Gasteiger partial charge in [-0.1, -0.05) is 6.07 Å². The summed E-state index contributed by atoms with van der Waals surface area (Å²) < 4.78 is 46.2. The molecule has 37 heavy (non-hydrogen) atoms. The van der Waals surface area contributed by atoms with Crippen molar-refractivity contribution in [1.29, 1.82) is 0 Å². The molecule has 3 atom stereocenters. The molecule has 2 aromatic carbocycles. The first kappa shape index (κ1) is 24.2. The molecule has 0 aliphatic carbocycles. The Labute approximate surface area is 213 Å². The van der Waals surface area contributed by atoms with E-state index in [1.165, 1.54) is 6.07 Å². The van der Waals surface area contributed by atoms with Crippen LogP contribution in [0, 0.1) is 0 Å². The summed E-state index contributed by atoms with van der Waals surface area (Å²) in [5.41, 5.74) is 0.497. The maximum atomic E-state index is 13.4. The molecule has 0 radical (unpaired) electrons. The number of halogens is 3. The van der Waals surface area contributed by atoms with Gasteiger partial charge in [0.15, 0.2) is 0 Å². The summed E-state index contributed by atoms with van der Waals surface area (Å²) in [5.74, 6) is 0.353. The maximum Gasteiger partial charge on any atom is 0.416 e. The number of nitrogens with one attached hydrogen (secondary N) is 1. The summed E-state index contributed by atoms with van der Waals surface area (Å²) in [7, 11) is 2.08. The second-order valence-corrected chi connectivity index (χ2v) is 10.5. The highest BCUT2D eigenvalue weighted by Gasteiger charge is 2.34. The van der Waals surface area contributed by atoms with E-state index in [1.807, 2.05) is 6.07 Å². The molecule has 3 fully saturated rings. The van der Waals surface area contributed by atoms with Gasteiger partial charge in [0.25, 0.3) is 0 Å². The molecule has 3 aliphatic rings. The summed E-state index contributed by atoms with van der Waals surface area (Å²) in [6, 6.07) is 9.88. The molecule has 6 rings (SSSR count). The topological polar surface area (TPSA) is 73.8 Å². The fraction of sp³-hybridized carbons (Fsp3) is 0.481. The van der Waals surface area contributed by atoms with Gasteiger partial charge in [-0.15, -0.1) is 0 Å². The smallest absolute Gasteiger partial charge is 0.416 e. The summed E-state index contributed by atoms with van der Waals surface area (Å²) in [5, 5.41) is 14.4. The molecule has 0 spiro atoms. The van der Waals surface area contributed by atoms with Gasteiger partial charge in [0.2, 0.25) is 0 Å². The van der Waals surface area contributed by atoms with Gasteiger partial charge in [0.1, 0.15) is 18.2 Å². The standard InChI is InChI=1S/C27H30F3N5O2/c1-34-8-2-3-21(34)15-37-26-32-24-11-16(17-9-18(27(28,29)30)12-22(36)10-17)4-7-23(24)25(33-26)35-13-19-5-6-20(14-35)31-19/h4,7,9-12,19-21,31,36H,2-3,5-6,8,13-15H2,1H3/t19-,20+,21-/m0/s1. The van der Waals surface area contributed by atoms with Crippen LogP contribution in [-0.4, -0.2) is 71.4 Å². The first-order valence-corrected chi connectivity index (χ1v) is 12.8. The number of phenolic OH excluding ortho intramolecular Hbond substituents is 1. The minimum absolute atomic E-state index is 0.268. The Balaban J connectivity index is 1.40. The van der Waals surface area contributed by atoms with Crippen molar-refractivity contribution < 1.29 is 23.0 Å². The van der Waals surface area contributed by atoms with E-state index in [2.05, 4.69) is 27.1 Å². The minimum atomic E-state index is -4.56. The van der Waals surface area contributed by atoms with Crippen LogP contribution in [-0.2, 0) is 6.18 Å². The van der Waals surface area contributed by atoms with Crippen molar-refractivity contribution in [2.45, 2.75) is 50.0 Å². The summed E-state index contributed by atoms with van der Waals surface area (Å²) in [6.45, 7) is 3.18. The Bertz CT molecular complexity index is 1310. The van der Waals surface area contributed by atoms with Crippen molar-refractivity contribution in [2.24, 2.45) is 0 Å². The number of anilines is 1. The quantitative estimate of drug-likeness (QED) is 0.523. The third-order valence-corrected chi connectivity index (χ3v) is 7.83. The molecule has 3 aromatic rings. The number of aromatic nitrogens is 2. The number of ether oxygens (including phenoxy) is 1. The average molecular weight is 514 g/mol. The van der Waals surface area contributed by atoms with Crippen LogP contribution in [0.3, 0.4) is 0 Å². The highest BCUT2D eigenvalue weighted by Crippen LogP contribution is 2.37. The highest BCUT2D eigenvalue weighted by atomic mass is 19.4. The largest absolute Gasteiger partial charge is 0.508 e. The van der Waals surface area contributed by atoms with E-state index in [4.69, 9.17) is 9.72 Å². The number of likely N-dealkylation sites (N-methyl/N-ethyl adjacent to an activating group) is 1. The molecule has 196 valence electrons. The lowest BCUT2D eigenvalue weighted by Gasteiger charge is -2.34. The van der Waals surface area contributed by atoms with Crippen LogP contribution in [0.15, 0.2) is 36.4 Å². The molecule has 3 saturated heterocycles. The highest BCUT2D eigenvalue weighted by molar-refractivity contribution is 5.93. The Morgan fingerprint density at radius 2 is 1.81 bits per heavy atom. The molecule has 4 heterocycles. The monoisotopic (exact) mass is 513 g/mol. The zero-order valence-electron chi connectivity index (χ0n) is 20.6. The number of aromatic hydroxyl groups is 1. The Morgan fingerprint density at radius 3 is 2.51 bits per heavy atom. The number of hydrogen-bond donors (Lipinski definition) is 2. The van der Waals surface area contributed by atoms with Crippen molar-refractivity contribution >= 4 is 16.7 Å². The van der Waals surface area contributed by atoms with Gasteiger partial charge in [-0.3, -0.25) is 0 Å². The Morgan fingerprint density at radius 1 is 1.03 bits per heavy atom. The van der Waals surface area contributed by atoms with Crippen LogP contribution in [0.5, 0.6) is 11.8 Å². The van der Waals surface area contributed by atoms with Crippen LogP contribution in [0.25, 0.3) is 22.0 Å². The lowest BCUT2D eigenvalue weighted by molar-refractivity contribution is -0.137. The minimum Gasteiger partial charge on any atom is -0.508 e. The lowest BCUT2D eigenvalue weighted by Crippen LogP contribution is -2.51. The lowest BCUT2D eigenvalue weighted by atomic mass is 10.0. The molecule has 1 aromatic heterocycles. The van der Waals surface area contributed by atoms with E-state index in [1.54, 1.807) is 12.1 Å². The van der Waals surface area contributed by atoms with Crippen molar-refractivity contribution in [2.75, 3.05) is 38.2 Å². The van der Waals surface area contributed by atoms with Gasteiger partial charge in [-0.05, 0) is 80.7 Å². The molecular weight excluding hydrogens is 483 g/mol. The van der Waals surface area contributed by atoms with Crippen LogP contribution in [0.2, 0.25) is 0 Å². The molecule has 0 unspecified atom stereocenters. The van der Waals surface area contributed by atoms with Gasteiger partial charge < -0.3 is 25.0 Å². The number of benzene rings is 2.